The second kappa shape index (κ2) is 7.49. The summed E-state index contributed by atoms with van der Waals surface area (Å²) in [7, 11) is 0. The van der Waals surface area contributed by atoms with Crippen LogP contribution in [0.3, 0.4) is 0 Å². The number of thioether (sulfide) groups is 1. The highest BCUT2D eigenvalue weighted by Crippen LogP contribution is 2.32. The Kier molecular flexibility index (Phi) is 5.65. The van der Waals surface area contributed by atoms with E-state index in [-0.39, 0.29) is 0 Å². The Morgan fingerprint density at radius 1 is 1.26 bits per heavy atom. The summed E-state index contributed by atoms with van der Waals surface area (Å²) in [5.74, 6) is 5.74. The summed E-state index contributed by atoms with van der Waals surface area (Å²) < 4.78 is 5.46. The fraction of sp³-hybridized carbons (Fsp3) is 0.750. The van der Waals surface area contributed by atoms with E-state index in [0.717, 1.165) is 6.42 Å². The van der Waals surface area contributed by atoms with Crippen LogP contribution in [-0.4, -0.2) is 26.8 Å². The van der Waals surface area contributed by atoms with Crippen molar-refractivity contribution >= 4 is 17.7 Å². The maximum absolute atomic E-state index is 5.46. The Morgan fingerprint density at radius 3 is 2.74 bits per heavy atom. The zero-order valence-electron chi connectivity index (χ0n) is 11.3. The molecule has 2 rings (SSSR count). The van der Waals surface area contributed by atoms with Gasteiger partial charge in [-0.3, -0.25) is 5.43 Å². The maximum atomic E-state index is 5.46. The van der Waals surface area contributed by atoms with Crippen molar-refractivity contribution in [3.05, 3.63) is 0 Å². The highest BCUT2D eigenvalue weighted by atomic mass is 32.2. The van der Waals surface area contributed by atoms with Crippen molar-refractivity contribution in [1.29, 1.82) is 0 Å². The molecule has 0 aliphatic heterocycles. The molecule has 0 atom stereocenters. The predicted molar refractivity (Wildman–Crippen MR) is 76.2 cm³/mol. The van der Waals surface area contributed by atoms with Crippen LogP contribution in [0.25, 0.3) is 0 Å². The predicted octanol–water partition coefficient (Wildman–Crippen LogP) is 2.37. The van der Waals surface area contributed by atoms with Crippen molar-refractivity contribution in [2.75, 3.05) is 12.0 Å². The van der Waals surface area contributed by atoms with E-state index in [2.05, 4.69) is 20.4 Å². The van der Waals surface area contributed by atoms with E-state index in [9.17, 15) is 0 Å². The average Bonchev–Trinajstić information content (AvgIpc) is 2.46. The van der Waals surface area contributed by atoms with Gasteiger partial charge in [0.1, 0.15) is 0 Å². The first-order chi connectivity index (χ1) is 9.31. The number of aromatic nitrogens is 3. The standard InChI is InChI=1S/C12H21N5OS/c1-2-8-18-11-14-10(17-13)15-12(16-11)19-9-6-4-3-5-7-9/h9H,2-8,13H2,1H3,(H,14,15,16,17). The number of nitrogens with one attached hydrogen (secondary N) is 1. The van der Waals surface area contributed by atoms with E-state index in [1.807, 2.05) is 6.92 Å². The SMILES string of the molecule is CCCOc1nc(NN)nc(SC2CCCCC2)n1. The molecule has 7 heteroatoms. The Bertz CT molecular complexity index is 398. The monoisotopic (exact) mass is 283 g/mol. The summed E-state index contributed by atoms with van der Waals surface area (Å²) in [6.07, 6.45) is 7.31. The minimum atomic E-state index is 0.350. The summed E-state index contributed by atoms with van der Waals surface area (Å²) in [5.41, 5.74) is 2.47. The molecule has 1 heterocycles. The first-order valence-corrected chi connectivity index (χ1v) is 7.72. The fourth-order valence-corrected chi connectivity index (χ4v) is 3.18. The van der Waals surface area contributed by atoms with Gasteiger partial charge in [-0.25, -0.2) is 5.84 Å². The van der Waals surface area contributed by atoms with Gasteiger partial charge >= 0.3 is 6.01 Å². The van der Waals surface area contributed by atoms with Gasteiger partial charge in [0, 0.05) is 5.25 Å². The van der Waals surface area contributed by atoms with E-state index in [1.165, 1.54) is 32.1 Å². The van der Waals surface area contributed by atoms with Crippen LogP contribution in [0.15, 0.2) is 5.16 Å². The van der Waals surface area contributed by atoms with Crippen molar-refractivity contribution in [3.8, 4) is 6.01 Å². The van der Waals surface area contributed by atoms with Gasteiger partial charge in [0.15, 0.2) is 5.16 Å². The molecule has 19 heavy (non-hydrogen) atoms. The van der Waals surface area contributed by atoms with Crippen molar-refractivity contribution in [2.45, 2.75) is 55.9 Å². The molecule has 1 saturated carbocycles. The second-order valence-corrected chi connectivity index (χ2v) is 5.86. The molecule has 0 amide bonds. The van der Waals surface area contributed by atoms with Crippen LogP contribution in [0.4, 0.5) is 5.95 Å². The number of nitrogen functional groups attached to an aromatic ring is 1. The van der Waals surface area contributed by atoms with Gasteiger partial charge in [-0.05, 0) is 19.3 Å². The zero-order valence-corrected chi connectivity index (χ0v) is 12.1. The second-order valence-electron chi connectivity index (χ2n) is 4.59. The summed E-state index contributed by atoms with van der Waals surface area (Å²) in [5, 5.41) is 1.29. The molecule has 1 aliphatic rings. The van der Waals surface area contributed by atoms with E-state index in [0.29, 0.717) is 29.0 Å². The van der Waals surface area contributed by atoms with Crippen LogP contribution in [0.1, 0.15) is 45.4 Å². The van der Waals surface area contributed by atoms with Crippen molar-refractivity contribution < 1.29 is 4.74 Å². The summed E-state index contributed by atoms with van der Waals surface area (Å²) in [6.45, 7) is 2.64. The number of anilines is 1. The van der Waals surface area contributed by atoms with Crippen molar-refractivity contribution in [3.63, 3.8) is 0 Å². The van der Waals surface area contributed by atoms with Gasteiger partial charge in [0.25, 0.3) is 0 Å². The van der Waals surface area contributed by atoms with Gasteiger partial charge in [-0.1, -0.05) is 37.9 Å². The normalized spacial score (nSPS) is 16.3. The molecule has 0 aromatic carbocycles. The molecule has 1 aliphatic carbocycles. The van der Waals surface area contributed by atoms with Crippen LogP contribution < -0.4 is 16.0 Å². The Labute approximate surface area is 117 Å². The molecule has 106 valence electrons. The lowest BCUT2D eigenvalue weighted by molar-refractivity contribution is 0.288. The minimum Gasteiger partial charge on any atom is -0.463 e. The molecule has 6 nitrogen and oxygen atoms in total. The third-order valence-electron chi connectivity index (χ3n) is 2.98. The first kappa shape index (κ1) is 14.3. The lowest BCUT2D eigenvalue weighted by Crippen LogP contribution is -2.14. The zero-order chi connectivity index (χ0) is 13.5. The minimum absolute atomic E-state index is 0.350. The first-order valence-electron chi connectivity index (χ1n) is 6.84. The van der Waals surface area contributed by atoms with Crippen LogP contribution in [-0.2, 0) is 0 Å². The molecular formula is C12H21N5OS. The van der Waals surface area contributed by atoms with Crippen molar-refractivity contribution in [2.24, 2.45) is 5.84 Å². The topological polar surface area (TPSA) is 86.0 Å². The third kappa shape index (κ3) is 4.50. The fourth-order valence-electron chi connectivity index (χ4n) is 2.05. The lowest BCUT2D eigenvalue weighted by atomic mass is 10.0. The Balaban J connectivity index is 2.04. The number of ether oxygens (including phenoxy) is 1. The van der Waals surface area contributed by atoms with Gasteiger partial charge < -0.3 is 4.74 Å². The van der Waals surface area contributed by atoms with E-state index in [4.69, 9.17) is 10.6 Å². The van der Waals surface area contributed by atoms with Crippen LogP contribution in [0.2, 0.25) is 0 Å². The molecule has 1 aromatic heterocycles. The maximum Gasteiger partial charge on any atom is 0.322 e. The molecule has 1 fully saturated rings. The summed E-state index contributed by atoms with van der Waals surface area (Å²) >= 11 is 1.70. The molecule has 0 radical (unpaired) electrons. The summed E-state index contributed by atoms with van der Waals surface area (Å²) in [4.78, 5) is 12.7. The molecule has 0 spiro atoms. The molecule has 1 aromatic rings. The number of nitrogens with two attached hydrogens (primary N) is 1. The largest absolute Gasteiger partial charge is 0.463 e. The van der Waals surface area contributed by atoms with Crippen LogP contribution in [0, 0.1) is 0 Å². The molecular weight excluding hydrogens is 262 g/mol. The quantitative estimate of drug-likeness (QED) is 0.612. The van der Waals surface area contributed by atoms with E-state index >= 15 is 0 Å². The van der Waals surface area contributed by atoms with Gasteiger partial charge in [-0.15, -0.1) is 0 Å². The lowest BCUT2D eigenvalue weighted by Gasteiger charge is -2.20. The Morgan fingerprint density at radius 2 is 2.05 bits per heavy atom. The molecule has 0 saturated heterocycles. The van der Waals surface area contributed by atoms with Crippen LogP contribution in [0.5, 0.6) is 6.01 Å². The van der Waals surface area contributed by atoms with Crippen molar-refractivity contribution in [1.82, 2.24) is 15.0 Å². The van der Waals surface area contributed by atoms with Gasteiger partial charge in [0.05, 0.1) is 6.61 Å². The highest BCUT2D eigenvalue weighted by molar-refractivity contribution is 7.99. The van der Waals surface area contributed by atoms with E-state index in [1.54, 1.807) is 11.8 Å². The number of nitrogens with zero attached hydrogens (tertiary/aromatic N) is 3. The molecule has 0 unspecified atom stereocenters. The van der Waals surface area contributed by atoms with Gasteiger partial charge in [-0.2, -0.15) is 15.0 Å². The van der Waals surface area contributed by atoms with E-state index < -0.39 is 0 Å². The Hall–Kier alpha value is -1.08. The number of hydrogen-bond donors (Lipinski definition) is 2. The number of rotatable bonds is 6. The average molecular weight is 283 g/mol. The van der Waals surface area contributed by atoms with Crippen LogP contribution >= 0.6 is 11.8 Å². The molecule has 0 bridgehead atoms. The smallest absolute Gasteiger partial charge is 0.322 e. The number of hydrazine groups is 1. The highest BCUT2D eigenvalue weighted by Gasteiger charge is 2.17. The third-order valence-corrected chi connectivity index (χ3v) is 4.18. The number of hydrogen-bond acceptors (Lipinski definition) is 7. The summed E-state index contributed by atoms with van der Waals surface area (Å²) in [6, 6.07) is 0.350. The van der Waals surface area contributed by atoms with Gasteiger partial charge in [0.2, 0.25) is 5.95 Å². The molecule has 3 N–H and O–H groups in total.